The van der Waals surface area contributed by atoms with Crippen LogP contribution < -0.4 is 14.5 Å². The molecule has 0 saturated carbocycles. The molecular weight excluding hydrogens is 541 g/mol. The Bertz CT molecular complexity index is 1390. The Morgan fingerprint density at radius 2 is 1.70 bits per heavy atom. The molecular formula is C25H23Cl2N3O6S. The van der Waals surface area contributed by atoms with Gasteiger partial charge in [-0.3, -0.25) is 9.10 Å². The maximum absolute atomic E-state index is 13.4. The number of hydrogen-bond acceptors (Lipinski definition) is 7. The average Bonchev–Trinajstić information content (AvgIpc) is 2.85. The molecule has 0 spiro atoms. The molecule has 0 saturated heterocycles. The summed E-state index contributed by atoms with van der Waals surface area (Å²) in [6.45, 7) is 0.983. The summed E-state index contributed by atoms with van der Waals surface area (Å²) in [7, 11) is -2.89. The van der Waals surface area contributed by atoms with E-state index in [0.717, 1.165) is 9.87 Å². The second-order valence-electron chi connectivity index (χ2n) is 7.68. The van der Waals surface area contributed by atoms with Crippen molar-refractivity contribution in [2.45, 2.75) is 11.8 Å². The smallest absolute Gasteiger partial charge is 0.343 e. The number of anilines is 1. The number of esters is 1. The Kier molecular flexibility index (Phi) is 9.51. The summed E-state index contributed by atoms with van der Waals surface area (Å²) in [5, 5.41) is 4.31. The zero-order valence-electron chi connectivity index (χ0n) is 19.9. The fraction of sp³-hybridized carbons (Fsp3) is 0.160. The van der Waals surface area contributed by atoms with Crippen LogP contribution in [0.25, 0.3) is 0 Å². The van der Waals surface area contributed by atoms with Crippen molar-refractivity contribution in [3.63, 3.8) is 0 Å². The van der Waals surface area contributed by atoms with Crippen LogP contribution in [0.15, 0.2) is 76.7 Å². The average molecular weight is 564 g/mol. The van der Waals surface area contributed by atoms with Gasteiger partial charge in [0, 0.05) is 10.0 Å². The molecule has 1 amide bonds. The van der Waals surface area contributed by atoms with Gasteiger partial charge in [-0.15, -0.1) is 0 Å². The number of rotatable bonds is 10. The number of hydrogen-bond donors (Lipinski definition) is 1. The standard InChI is InChI=1S/C25H23Cl2N3O6S/c1-17-6-8-23(9-7-17)37(33,34)30(21-12-19(26)11-20(27)13-21)15-24(31)29-28-14-18-4-3-5-22(10-18)36-16-25(32)35-2/h3-14H,15-16H2,1-2H3,(H,29,31)/b28-14-. The first kappa shape index (κ1) is 28.0. The highest BCUT2D eigenvalue weighted by molar-refractivity contribution is 7.92. The van der Waals surface area contributed by atoms with Gasteiger partial charge in [-0.2, -0.15) is 5.10 Å². The number of carbonyl (C=O) groups excluding carboxylic acids is 2. The molecule has 0 aromatic heterocycles. The van der Waals surface area contributed by atoms with Gasteiger partial charge in [0.05, 0.1) is 23.9 Å². The van der Waals surface area contributed by atoms with E-state index in [1.807, 2.05) is 6.92 Å². The number of methoxy groups -OCH3 is 1. The van der Waals surface area contributed by atoms with Crippen LogP contribution in [-0.2, 0) is 24.3 Å². The number of nitrogens with one attached hydrogen (secondary N) is 1. The normalized spacial score (nSPS) is 11.2. The molecule has 37 heavy (non-hydrogen) atoms. The first-order chi connectivity index (χ1) is 17.6. The molecule has 12 heteroatoms. The molecule has 0 fully saturated rings. The van der Waals surface area contributed by atoms with E-state index >= 15 is 0 Å². The molecule has 9 nitrogen and oxygen atoms in total. The van der Waals surface area contributed by atoms with Crippen LogP contribution in [-0.4, -0.2) is 46.8 Å². The summed E-state index contributed by atoms with van der Waals surface area (Å²) in [4.78, 5) is 24.0. The first-order valence-corrected chi connectivity index (χ1v) is 12.9. The summed E-state index contributed by atoms with van der Waals surface area (Å²) < 4.78 is 37.6. The second kappa shape index (κ2) is 12.6. The van der Waals surface area contributed by atoms with E-state index in [9.17, 15) is 18.0 Å². The van der Waals surface area contributed by atoms with Crippen LogP contribution in [0, 0.1) is 6.92 Å². The lowest BCUT2D eigenvalue weighted by molar-refractivity contribution is -0.142. The topological polar surface area (TPSA) is 114 Å². The van der Waals surface area contributed by atoms with E-state index < -0.39 is 28.4 Å². The third-order valence-corrected chi connectivity index (χ3v) is 7.10. The number of nitrogens with zero attached hydrogens (tertiary/aromatic N) is 2. The Hall–Kier alpha value is -3.60. The van der Waals surface area contributed by atoms with Crippen LogP contribution in [0.5, 0.6) is 5.75 Å². The Morgan fingerprint density at radius 3 is 2.35 bits per heavy atom. The van der Waals surface area contributed by atoms with Crippen molar-refractivity contribution in [1.29, 1.82) is 0 Å². The summed E-state index contributed by atoms with van der Waals surface area (Å²) in [5.41, 5.74) is 3.88. The molecule has 3 rings (SSSR count). The summed E-state index contributed by atoms with van der Waals surface area (Å²) in [6.07, 6.45) is 1.35. The van der Waals surface area contributed by atoms with Crippen LogP contribution in [0.3, 0.4) is 0 Å². The van der Waals surface area contributed by atoms with Crippen molar-refractivity contribution in [2.24, 2.45) is 5.10 Å². The summed E-state index contributed by atoms with van der Waals surface area (Å²) in [5.74, 6) is -0.840. The van der Waals surface area contributed by atoms with E-state index in [1.165, 1.54) is 43.7 Å². The zero-order chi connectivity index (χ0) is 27.0. The van der Waals surface area contributed by atoms with Crippen molar-refractivity contribution < 1.29 is 27.5 Å². The summed E-state index contributed by atoms with van der Waals surface area (Å²) in [6, 6.07) is 17.1. The van der Waals surface area contributed by atoms with Gasteiger partial charge in [0.25, 0.3) is 15.9 Å². The van der Waals surface area contributed by atoms with Crippen molar-refractivity contribution in [1.82, 2.24) is 5.43 Å². The maximum atomic E-state index is 13.4. The minimum absolute atomic E-state index is 0.00531. The number of carbonyl (C=O) groups is 2. The predicted octanol–water partition coefficient (Wildman–Crippen LogP) is 4.20. The van der Waals surface area contributed by atoms with Gasteiger partial charge in [0.1, 0.15) is 12.3 Å². The zero-order valence-corrected chi connectivity index (χ0v) is 22.2. The molecule has 0 atom stereocenters. The van der Waals surface area contributed by atoms with Gasteiger partial charge in [-0.25, -0.2) is 18.6 Å². The Labute approximate surface area is 224 Å². The molecule has 194 valence electrons. The highest BCUT2D eigenvalue weighted by atomic mass is 35.5. The van der Waals surface area contributed by atoms with Crippen molar-refractivity contribution in [3.05, 3.63) is 87.9 Å². The van der Waals surface area contributed by atoms with Crippen molar-refractivity contribution in [2.75, 3.05) is 24.6 Å². The molecule has 0 bridgehead atoms. The highest BCUT2D eigenvalue weighted by Crippen LogP contribution is 2.29. The number of halogens is 2. The van der Waals surface area contributed by atoms with Gasteiger partial charge >= 0.3 is 5.97 Å². The number of hydrazone groups is 1. The lowest BCUT2D eigenvalue weighted by atomic mass is 10.2. The molecule has 0 aliphatic heterocycles. The van der Waals surface area contributed by atoms with E-state index in [2.05, 4.69) is 15.3 Å². The minimum atomic E-state index is -4.15. The van der Waals surface area contributed by atoms with E-state index in [0.29, 0.717) is 11.3 Å². The third-order valence-electron chi connectivity index (χ3n) is 4.88. The fourth-order valence-corrected chi connectivity index (χ4v) is 4.99. The van der Waals surface area contributed by atoms with Crippen LogP contribution in [0.4, 0.5) is 5.69 Å². The molecule has 0 unspecified atom stereocenters. The largest absolute Gasteiger partial charge is 0.482 e. The predicted molar refractivity (Wildman–Crippen MR) is 142 cm³/mol. The molecule has 1 N–H and O–H groups in total. The number of benzene rings is 3. The van der Waals surface area contributed by atoms with E-state index in [1.54, 1.807) is 36.4 Å². The van der Waals surface area contributed by atoms with Gasteiger partial charge in [-0.05, 0) is 55.0 Å². The molecule has 0 heterocycles. The van der Waals surface area contributed by atoms with Gasteiger partial charge < -0.3 is 9.47 Å². The monoisotopic (exact) mass is 563 g/mol. The van der Waals surface area contributed by atoms with Crippen molar-refractivity contribution >= 4 is 57.0 Å². The van der Waals surface area contributed by atoms with Crippen LogP contribution in [0.1, 0.15) is 11.1 Å². The second-order valence-corrected chi connectivity index (χ2v) is 10.4. The number of amides is 1. The molecule has 0 aliphatic rings. The molecule has 0 aliphatic carbocycles. The quantitative estimate of drug-likeness (QED) is 0.224. The SMILES string of the molecule is COC(=O)COc1cccc(/C=N\NC(=O)CN(c2cc(Cl)cc(Cl)c2)S(=O)(=O)c2ccc(C)cc2)c1. The molecule has 3 aromatic rings. The van der Waals surface area contributed by atoms with Gasteiger partial charge in [-0.1, -0.05) is 53.0 Å². The fourth-order valence-electron chi connectivity index (χ4n) is 3.07. The maximum Gasteiger partial charge on any atom is 0.343 e. The third kappa shape index (κ3) is 7.94. The van der Waals surface area contributed by atoms with Crippen molar-refractivity contribution in [3.8, 4) is 5.75 Å². The van der Waals surface area contributed by atoms with Crippen LogP contribution in [0.2, 0.25) is 10.0 Å². The molecule has 3 aromatic carbocycles. The van der Waals surface area contributed by atoms with Crippen LogP contribution >= 0.6 is 23.2 Å². The Balaban J connectivity index is 1.78. The Morgan fingerprint density at radius 1 is 1.03 bits per heavy atom. The minimum Gasteiger partial charge on any atom is -0.482 e. The van der Waals surface area contributed by atoms with Gasteiger partial charge in [0.15, 0.2) is 6.61 Å². The number of sulfonamides is 1. The summed E-state index contributed by atoms with van der Waals surface area (Å²) >= 11 is 12.2. The highest BCUT2D eigenvalue weighted by Gasteiger charge is 2.27. The lowest BCUT2D eigenvalue weighted by Gasteiger charge is -2.24. The first-order valence-electron chi connectivity index (χ1n) is 10.8. The van der Waals surface area contributed by atoms with E-state index in [4.69, 9.17) is 27.9 Å². The van der Waals surface area contributed by atoms with Gasteiger partial charge in [0.2, 0.25) is 0 Å². The van der Waals surface area contributed by atoms with E-state index in [-0.39, 0.29) is 27.2 Å². The number of aryl methyl sites for hydroxylation is 1. The molecule has 0 radical (unpaired) electrons. The number of ether oxygens (including phenoxy) is 2. The lowest BCUT2D eigenvalue weighted by Crippen LogP contribution is -2.39.